The van der Waals surface area contributed by atoms with Gasteiger partial charge in [-0.25, -0.2) is 0 Å². The first-order valence-electron chi connectivity index (χ1n) is 7.65. The molecule has 0 fully saturated rings. The first-order chi connectivity index (χ1) is 11.3. The molecule has 23 heavy (non-hydrogen) atoms. The number of benzene rings is 1. The third-order valence-corrected chi connectivity index (χ3v) is 4.62. The van der Waals surface area contributed by atoms with Crippen molar-refractivity contribution in [2.24, 2.45) is 0 Å². The second-order valence-electron chi connectivity index (χ2n) is 5.51. The van der Waals surface area contributed by atoms with Crippen molar-refractivity contribution in [3.8, 4) is 5.75 Å². The van der Waals surface area contributed by atoms with Gasteiger partial charge in [-0.3, -0.25) is 4.68 Å². The maximum absolute atomic E-state index is 5.49. The SMILES string of the molecule is COc1ccc([C@H](C)NCc2ccsc2)cc1Cn1cccn1. The molecule has 0 saturated carbocycles. The van der Waals surface area contributed by atoms with Gasteiger partial charge in [-0.05, 0) is 53.1 Å². The molecule has 1 N–H and O–H groups in total. The van der Waals surface area contributed by atoms with Crippen molar-refractivity contribution in [3.05, 3.63) is 70.2 Å². The monoisotopic (exact) mass is 327 g/mol. The van der Waals surface area contributed by atoms with Gasteiger partial charge in [-0.1, -0.05) is 6.07 Å². The number of ether oxygens (including phenoxy) is 1. The van der Waals surface area contributed by atoms with Crippen LogP contribution in [0.5, 0.6) is 5.75 Å². The van der Waals surface area contributed by atoms with Gasteiger partial charge in [-0.15, -0.1) is 0 Å². The Labute approximate surface area is 140 Å². The van der Waals surface area contributed by atoms with Crippen LogP contribution in [0.25, 0.3) is 0 Å². The zero-order chi connectivity index (χ0) is 16.1. The van der Waals surface area contributed by atoms with Crippen LogP contribution < -0.4 is 10.1 Å². The molecule has 0 radical (unpaired) electrons. The van der Waals surface area contributed by atoms with E-state index in [1.165, 1.54) is 11.1 Å². The Hall–Kier alpha value is -2.11. The Kier molecular flexibility index (Phi) is 5.10. The molecule has 0 bridgehead atoms. The van der Waals surface area contributed by atoms with Gasteiger partial charge in [0.25, 0.3) is 0 Å². The van der Waals surface area contributed by atoms with Crippen LogP contribution in [-0.2, 0) is 13.1 Å². The van der Waals surface area contributed by atoms with E-state index < -0.39 is 0 Å². The predicted octanol–water partition coefficient (Wildman–Crippen LogP) is 3.85. The Morgan fingerprint density at radius 3 is 2.96 bits per heavy atom. The molecule has 0 aliphatic rings. The van der Waals surface area contributed by atoms with Gasteiger partial charge in [0.15, 0.2) is 0 Å². The summed E-state index contributed by atoms with van der Waals surface area (Å²) in [5, 5.41) is 12.1. The summed E-state index contributed by atoms with van der Waals surface area (Å²) in [6, 6.07) is 10.7. The minimum atomic E-state index is 0.275. The quantitative estimate of drug-likeness (QED) is 0.716. The van der Waals surface area contributed by atoms with Crippen LogP contribution >= 0.6 is 11.3 Å². The lowest BCUT2D eigenvalue weighted by molar-refractivity contribution is 0.406. The summed E-state index contributed by atoms with van der Waals surface area (Å²) in [7, 11) is 1.71. The smallest absolute Gasteiger partial charge is 0.123 e. The fourth-order valence-electron chi connectivity index (χ4n) is 2.54. The molecular formula is C18H21N3OS. The van der Waals surface area contributed by atoms with Crippen LogP contribution in [0.1, 0.15) is 29.7 Å². The molecule has 3 rings (SSSR count). The van der Waals surface area contributed by atoms with Gasteiger partial charge < -0.3 is 10.1 Å². The van der Waals surface area contributed by atoms with E-state index in [-0.39, 0.29) is 6.04 Å². The largest absolute Gasteiger partial charge is 0.496 e. The summed E-state index contributed by atoms with van der Waals surface area (Å²) >= 11 is 1.73. The molecule has 3 aromatic rings. The van der Waals surface area contributed by atoms with E-state index in [9.17, 15) is 0 Å². The van der Waals surface area contributed by atoms with E-state index in [4.69, 9.17) is 4.74 Å². The van der Waals surface area contributed by atoms with E-state index in [1.54, 1.807) is 24.6 Å². The van der Waals surface area contributed by atoms with Crippen LogP contribution in [0.3, 0.4) is 0 Å². The summed E-state index contributed by atoms with van der Waals surface area (Å²) in [6.45, 7) is 3.78. The molecule has 0 aliphatic carbocycles. The maximum Gasteiger partial charge on any atom is 0.123 e. The fraction of sp³-hybridized carbons (Fsp3) is 0.278. The van der Waals surface area contributed by atoms with Crippen LogP contribution in [0, 0.1) is 0 Å². The van der Waals surface area contributed by atoms with E-state index in [0.29, 0.717) is 6.54 Å². The van der Waals surface area contributed by atoms with Crippen molar-refractivity contribution in [3.63, 3.8) is 0 Å². The lowest BCUT2D eigenvalue weighted by atomic mass is 10.0. The number of nitrogens with one attached hydrogen (secondary N) is 1. The molecule has 0 aliphatic heterocycles. The molecule has 0 saturated heterocycles. The standard InChI is InChI=1S/C18H21N3OS/c1-14(19-11-15-6-9-23-13-15)16-4-5-18(22-2)17(10-16)12-21-8-3-7-20-21/h3-10,13-14,19H,11-12H2,1-2H3/t14-/m0/s1. The topological polar surface area (TPSA) is 39.1 Å². The lowest BCUT2D eigenvalue weighted by Crippen LogP contribution is -2.18. The number of hydrogen-bond acceptors (Lipinski definition) is 4. The van der Waals surface area contributed by atoms with E-state index >= 15 is 0 Å². The summed E-state index contributed by atoms with van der Waals surface area (Å²) in [5.41, 5.74) is 3.72. The maximum atomic E-state index is 5.49. The number of thiophene rings is 1. The van der Waals surface area contributed by atoms with Gasteiger partial charge in [0.05, 0.1) is 13.7 Å². The number of hydrogen-bond donors (Lipinski definition) is 1. The molecule has 1 aromatic carbocycles. The number of methoxy groups -OCH3 is 1. The molecule has 2 heterocycles. The van der Waals surface area contributed by atoms with Crippen molar-refractivity contribution in [2.75, 3.05) is 7.11 Å². The number of nitrogens with zero attached hydrogens (tertiary/aromatic N) is 2. The average Bonchev–Trinajstić information content (AvgIpc) is 3.26. The number of rotatable bonds is 7. The first-order valence-corrected chi connectivity index (χ1v) is 8.59. The summed E-state index contributed by atoms with van der Waals surface area (Å²) < 4.78 is 7.40. The molecule has 2 aromatic heterocycles. The summed E-state index contributed by atoms with van der Waals surface area (Å²) in [4.78, 5) is 0. The van der Waals surface area contributed by atoms with Crippen LogP contribution in [0.15, 0.2) is 53.5 Å². The molecule has 4 nitrogen and oxygen atoms in total. The van der Waals surface area contributed by atoms with Crippen molar-refractivity contribution < 1.29 is 4.74 Å². The molecule has 1 atom stereocenters. The average molecular weight is 327 g/mol. The summed E-state index contributed by atoms with van der Waals surface area (Å²) in [5.74, 6) is 0.897. The highest BCUT2D eigenvalue weighted by molar-refractivity contribution is 7.07. The molecule has 0 amide bonds. The Balaban J connectivity index is 1.73. The second-order valence-corrected chi connectivity index (χ2v) is 6.29. The first kappa shape index (κ1) is 15.8. The lowest BCUT2D eigenvalue weighted by Gasteiger charge is -2.17. The number of aromatic nitrogens is 2. The van der Waals surface area contributed by atoms with Gasteiger partial charge >= 0.3 is 0 Å². The Bertz CT molecular complexity index is 723. The van der Waals surface area contributed by atoms with Crippen molar-refractivity contribution in [1.82, 2.24) is 15.1 Å². The zero-order valence-corrected chi connectivity index (χ0v) is 14.2. The third-order valence-electron chi connectivity index (χ3n) is 3.89. The van der Waals surface area contributed by atoms with Crippen LogP contribution in [0.2, 0.25) is 0 Å². The van der Waals surface area contributed by atoms with Crippen molar-refractivity contribution in [2.45, 2.75) is 26.1 Å². The molecule has 0 spiro atoms. The Morgan fingerprint density at radius 1 is 1.35 bits per heavy atom. The van der Waals surface area contributed by atoms with Crippen molar-refractivity contribution >= 4 is 11.3 Å². The highest BCUT2D eigenvalue weighted by Crippen LogP contribution is 2.24. The molecular weight excluding hydrogens is 306 g/mol. The van der Waals surface area contributed by atoms with E-state index in [2.05, 4.69) is 46.3 Å². The highest BCUT2D eigenvalue weighted by Gasteiger charge is 2.10. The minimum absolute atomic E-state index is 0.275. The molecule has 5 heteroatoms. The van der Waals surface area contributed by atoms with Gasteiger partial charge in [0.2, 0.25) is 0 Å². The fourth-order valence-corrected chi connectivity index (χ4v) is 3.21. The summed E-state index contributed by atoms with van der Waals surface area (Å²) in [6.07, 6.45) is 3.76. The molecule has 120 valence electrons. The third kappa shape index (κ3) is 4.00. The normalized spacial score (nSPS) is 12.3. The molecule has 0 unspecified atom stereocenters. The van der Waals surface area contributed by atoms with Gasteiger partial charge in [0.1, 0.15) is 5.75 Å². The Morgan fingerprint density at radius 2 is 2.26 bits per heavy atom. The second kappa shape index (κ2) is 7.44. The van der Waals surface area contributed by atoms with E-state index in [0.717, 1.165) is 17.9 Å². The van der Waals surface area contributed by atoms with Crippen LogP contribution in [-0.4, -0.2) is 16.9 Å². The van der Waals surface area contributed by atoms with Gasteiger partial charge in [-0.2, -0.15) is 16.4 Å². The van der Waals surface area contributed by atoms with Crippen molar-refractivity contribution in [1.29, 1.82) is 0 Å². The predicted molar refractivity (Wildman–Crippen MR) is 93.9 cm³/mol. The zero-order valence-electron chi connectivity index (χ0n) is 13.4. The van der Waals surface area contributed by atoms with Gasteiger partial charge in [0, 0.05) is 30.5 Å². The highest BCUT2D eigenvalue weighted by atomic mass is 32.1. The van der Waals surface area contributed by atoms with E-state index in [1.807, 2.05) is 23.0 Å². The van der Waals surface area contributed by atoms with Crippen LogP contribution in [0.4, 0.5) is 0 Å². The minimum Gasteiger partial charge on any atom is -0.496 e.